The summed E-state index contributed by atoms with van der Waals surface area (Å²) in [4.78, 5) is 14.5. The number of rotatable bonds is 5. The molecule has 2 bridgehead atoms. The Kier molecular flexibility index (Phi) is 5.56. The Bertz CT molecular complexity index is 639. The molecule has 2 fully saturated rings. The van der Waals surface area contributed by atoms with Gasteiger partial charge in [-0.25, -0.2) is 4.79 Å². The molecule has 0 saturated carbocycles. The predicted octanol–water partition coefficient (Wildman–Crippen LogP) is 4.03. The number of amides is 1. The first kappa shape index (κ1) is 17.6. The van der Waals surface area contributed by atoms with Crippen LogP contribution >= 0.6 is 0 Å². The number of hydrogen-bond donors (Lipinski definition) is 0. The molecule has 2 saturated heterocycles. The van der Waals surface area contributed by atoms with E-state index >= 15 is 0 Å². The lowest BCUT2D eigenvalue weighted by molar-refractivity contribution is -0.180. The maximum atomic E-state index is 12.6. The minimum absolute atomic E-state index is 0.0591. The van der Waals surface area contributed by atoms with Crippen molar-refractivity contribution in [1.82, 2.24) is 4.90 Å². The Labute approximate surface area is 154 Å². The molecule has 140 valence electrons. The molecule has 4 rings (SSSR count). The number of carbonyl (C=O) groups excluding carboxylic acids is 1. The van der Waals surface area contributed by atoms with Crippen molar-refractivity contribution in [3.63, 3.8) is 0 Å². The fraction of sp³-hybridized carbons (Fsp3) is 0.571. The second-order valence-corrected chi connectivity index (χ2v) is 7.34. The number of ether oxygens (including phenoxy) is 3. The molecule has 0 radical (unpaired) electrons. The summed E-state index contributed by atoms with van der Waals surface area (Å²) in [5.41, 5.74) is 2.45. The summed E-state index contributed by atoms with van der Waals surface area (Å²) < 4.78 is 16.8. The molecule has 1 aromatic rings. The molecule has 3 aliphatic rings. The molecule has 5 heteroatoms. The van der Waals surface area contributed by atoms with Crippen LogP contribution in [-0.2, 0) is 20.8 Å². The summed E-state index contributed by atoms with van der Waals surface area (Å²) in [6.45, 7) is 1.94. The van der Waals surface area contributed by atoms with E-state index in [-0.39, 0.29) is 24.5 Å². The van der Waals surface area contributed by atoms with Crippen LogP contribution in [0, 0.1) is 0 Å². The van der Waals surface area contributed by atoms with Crippen LogP contribution in [0.2, 0.25) is 0 Å². The molecule has 0 spiro atoms. The standard InChI is InChI=1S/C21H27NO4/c23-21(26-15-16-5-2-1-3-6-16)22-18-8-9-19(22)14-17(13-18)7-10-20-24-11-4-12-25-20/h1-3,5-6,13,18-20H,4,7-12,14-15H2. The largest absolute Gasteiger partial charge is 0.445 e. The minimum Gasteiger partial charge on any atom is -0.445 e. The van der Waals surface area contributed by atoms with Gasteiger partial charge >= 0.3 is 6.09 Å². The lowest BCUT2D eigenvalue weighted by Gasteiger charge is -2.33. The van der Waals surface area contributed by atoms with E-state index in [0.29, 0.717) is 6.61 Å². The molecule has 3 aliphatic heterocycles. The zero-order chi connectivity index (χ0) is 17.8. The molecular weight excluding hydrogens is 330 g/mol. The average Bonchev–Trinajstić information content (AvgIpc) is 2.96. The van der Waals surface area contributed by atoms with Crippen LogP contribution in [0.5, 0.6) is 0 Å². The highest BCUT2D eigenvalue weighted by Gasteiger charge is 2.40. The van der Waals surface area contributed by atoms with Crippen LogP contribution in [0.1, 0.15) is 44.1 Å². The molecule has 0 aromatic heterocycles. The normalized spacial score (nSPS) is 25.8. The molecule has 0 aliphatic carbocycles. The van der Waals surface area contributed by atoms with Crippen LogP contribution in [-0.4, -0.2) is 42.6 Å². The molecular formula is C21H27NO4. The highest BCUT2D eigenvalue weighted by Crippen LogP contribution is 2.37. The number of fused-ring (bicyclic) bond motifs is 2. The van der Waals surface area contributed by atoms with E-state index in [1.165, 1.54) is 5.57 Å². The van der Waals surface area contributed by atoms with Gasteiger partial charge in [0.2, 0.25) is 0 Å². The van der Waals surface area contributed by atoms with Gasteiger partial charge in [0.15, 0.2) is 6.29 Å². The zero-order valence-corrected chi connectivity index (χ0v) is 15.1. The van der Waals surface area contributed by atoms with Gasteiger partial charge in [-0.3, -0.25) is 4.90 Å². The summed E-state index contributed by atoms with van der Waals surface area (Å²) in [7, 11) is 0. The third-order valence-electron chi connectivity index (χ3n) is 5.49. The van der Waals surface area contributed by atoms with Crippen LogP contribution < -0.4 is 0 Å². The van der Waals surface area contributed by atoms with Crippen molar-refractivity contribution in [1.29, 1.82) is 0 Å². The first-order chi connectivity index (χ1) is 12.8. The topological polar surface area (TPSA) is 48.0 Å². The van der Waals surface area contributed by atoms with Gasteiger partial charge < -0.3 is 14.2 Å². The van der Waals surface area contributed by atoms with Crippen molar-refractivity contribution in [2.75, 3.05) is 13.2 Å². The summed E-state index contributed by atoms with van der Waals surface area (Å²) in [5, 5.41) is 0. The summed E-state index contributed by atoms with van der Waals surface area (Å²) in [6, 6.07) is 10.3. The fourth-order valence-electron chi connectivity index (χ4n) is 4.19. The Morgan fingerprint density at radius 1 is 1.15 bits per heavy atom. The van der Waals surface area contributed by atoms with Gasteiger partial charge in [-0.2, -0.15) is 0 Å². The Morgan fingerprint density at radius 2 is 1.96 bits per heavy atom. The Hall–Kier alpha value is -1.85. The number of nitrogens with zero attached hydrogens (tertiary/aromatic N) is 1. The van der Waals surface area contributed by atoms with E-state index in [2.05, 4.69) is 6.08 Å². The minimum atomic E-state index is -0.185. The van der Waals surface area contributed by atoms with Crippen molar-refractivity contribution in [2.45, 2.75) is 63.5 Å². The van der Waals surface area contributed by atoms with Gasteiger partial charge in [0.25, 0.3) is 0 Å². The molecule has 0 N–H and O–H groups in total. The third-order valence-corrected chi connectivity index (χ3v) is 5.49. The summed E-state index contributed by atoms with van der Waals surface area (Å²) >= 11 is 0. The van der Waals surface area contributed by atoms with Gasteiger partial charge in [-0.05, 0) is 37.7 Å². The van der Waals surface area contributed by atoms with Crippen LogP contribution in [0.15, 0.2) is 42.0 Å². The highest BCUT2D eigenvalue weighted by atomic mass is 16.7. The molecule has 2 unspecified atom stereocenters. The van der Waals surface area contributed by atoms with Crippen molar-refractivity contribution in [3.05, 3.63) is 47.5 Å². The van der Waals surface area contributed by atoms with Gasteiger partial charge in [0, 0.05) is 12.5 Å². The monoisotopic (exact) mass is 357 g/mol. The fourth-order valence-corrected chi connectivity index (χ4v) is 4.19. The predicted molar refractivity (Wildman–Crippen MR) is 97.5 cm³/mol. The first-order valence-corrected chi connectivity index (χ1v) is 9.71. The van der Waals surface area contributed by atoms with E-state index in [1.807, 2.05) is 35.2 Å². The SMILES string of the molecule is O=C(OCc1ccccc1)N1C2C=C(CCC3OCCCO3)CC1CC2. The number of hydrogen-bond acceptors (Lipinski definition) is 4. The molecule has 5 nitrogen and oxygen atoms in total. The van der Waals surface area contributed by atoms with Gasteiger partial charge in [0.05, 0.1) is 19.3 Å². The molecule has 2 atom stereocenters. The summed E-state index contributed by atoms with van der Waals surface area (Å²) in [6.07, 6.45) is 7.95. The lowest BCUT2D eigenvalue weighted by atomic mass is 9.97. The van der Waals surface area contributed by atoms with Crippen molar-refractivity contribution in [2.24, 2.45) is 0 Å². The quantitative estimate of drug-likeness (QED) is 0.747. The first-order valence-electron chi connectivity index (χ1n) is 9.71. The van der Waals surface area contributed by atoms with E-state index in [9.17, 15) is 4.79 Å². The molecule has 3 heterocycles. The van der Waals surface area contributed by atoms with Crippen LogP contribution in [0.4, 0.5) is 4.79 Å². The average molecular weight is 357 g/mol. The van der Waals surface area contributed by atoms with Gasteiger partial charge in [0.1, 0.15) is 6.61 Å². The van der Waals surface area contributed by atoms with E-state index in [0.717, 1.165) is 57.3 Å². The Balaban J connectivity index is 1.30. The van der Waals surface area contributed by atoms with Crippen LogP contribution in [0.3, 0.4) is 0 Å². The molecule has 1 amide bonds. The van der Waals surface area contributed by atoms with Crippen molar-refractivity contribution in [3.8, 4) is 0 Å². The second-order valence-electron chi connectivity index (χ2n) is 7.34. The Morgan fingerprint density at radius 3 is 2.73 bits per heavy atom. The van der Waals surface area contributed by atoms with E-state index in [1.54, 1.807) is 0 Å². The smallest absolute Gasteiger partial charge is 0.410 e. The van der Waals surface area contributed by atoms with Gasteiger partial charge in [-0.15, -0.1) is 0 Å². The highest BCUT2D eigenvalue weighted by molar-refractivity contribution is 5.70. The van der Waals surface area contributed by atoms with E-state index in [4.69, 9.17) is 14.2 Å². The lowest BCUT2D eigenvalue weighted by Crippen LogP contribution is -2.43. The van der Waals surface area contributed by atoms with Crippen LogP contribution in [0.25, 0.3) is 0 Å². The van der Waals surface area contributed by atoms with E-state index < -0.39 is 0 Å². The second kappa shape index (κ2) is 8.23. The molecule has 26 heavy (non-hydrogen) atoms. The third kappa shape index (κ3) is 4.10. The van der Waals surface area contributed by atoms with Gasteiger partial charge in [-0.1, -0.05) is 42.0 Å². The maximum Gasteiger partial charge on any atom is 0.410 e. The molecule has 1 aromatic carbocycles. The van der Waals surface area contributed by atoms with Crippen molar-refractivity contribution >= 4 is 6.09 Å². The maximum absolute atomic E-state index is 12.6. The zero-order valence-electron chi connectivity index (χ0n) is 15.1. The number of benzene rings is 1. The summed E-state index contributed by atoms with van der Waals surface area (Å²) in [5.74, 6) is 0. The van der Waals surface area contributed by atoms with Crippen molar-refractivity contribution < 1.29 is 19.0 Å². The number of carbonyl (C=O) groups is 1.